The van der Waals surface area contributed by atoms with Crippen LogP contribution in [0, 0.1) is 0 Å². The molecule has 0 aliphatic carbocycles. The first kappa shape index (κ1) is 67.7. The standard InChI is InChI=1S/C61H111N2O6P/c1-6-8-10-12-14-16-18-20-22-24-26-27-28-29-30-31-32-33-34-35-37-38-40-42-44-46-48-50-52-54-60(64)59(58-69-70(66,67)68-57-56-63(3,4)5)62-61(65)55-53-51-49-47-45-43-41-39-36-25-23-21-19-17-15-13-11-9-7-2/h9,11,15,17,21,23,36-39,44,46,52,54,59-60,64H,6-8,10,12-14,16,18-20,22,24-35,40-43,45,47-51,53,55-58H2,1-5H3,(H-,62,65,66,67)/b11-9-,17-15-,23-21-,38-37+,39-36-,46-44+,54-52+. The van der Waals surface area contributed by atoms with Gasteiger partial charge in [-0.2, -0.15) is 0 Å². The molecule has 2 N–H and O–H groups in total. The summed E-state index contributed by atoms with van der Waals surface area (Å²) >= 11 is 0. The normalized spacial score (nSPS) is 14.6. The quantitative estimate of drug-likeness (QED) is 0.0272. The van der Waals surface area contributed by atoms with Crippen molar-refractivity contribution in [2.45, 2.75) is 257 Å². The molecule has 0 saturated heterocycles. The van der Waals surface area contributed by atoms with Crippen LogP contribution in [0.2, 0.25) is 0 Å². The Balaban J connectivity index is 4.29. The lowest BCUT2D eigenvalue weighted by molar-refractivity contribution is -0.870. The molecule has 0 rings (SSSR count). The van der Waals surface area contributed by atoms with Gasteiger partial charge in [-0.1, -0.05) is 240 Å². The zero-order valence-corrected chi connectivity index (χ0v) is 47.1. The summed E-state index contributed by atoms with van der Waals surface area (Å²) in [5.41, 5.74) is 0. The highest BCUT2D eigenvalue weighted by Gasteiger charge is 2.23. The van der Waals surface area contributed by atoms with Gasteiger partial charge in [0.1, 0.15) is 13.2 Å². The van der Waals surface area contributed by atoms with Crippen molar-refractivity contribution < 1.29 is 32.9 Å². The fourth-order valence-corrected chi connectivity index (χ4v) is 8.78. The topological polar surface area (TPSA) is 108 Å². The van der Waals surface area contributed by atoms with Gasteiger partial charge < -0.3 is 28.8 Å². The van der Waals surface area contributed by atoms with Gasteiger partial charge in [0.15, 0.2) is 0 Å². The molecule has 0 saturated carbocycles. The Labute approximate surface area is 433 Å². The molecule has 0 aliphatic heterocycles. The molecule has 0 aromatic heterocycles. The van der Waals surface area contributed by atoms with Crippen LogP contribution in [0.1, 0.15) is 245 Å². The van der Waals surface area contributed by atoms with Crippen LogP contribution >= 0.6 is 7.82 Å². The number of likely N-dealkylation sites (N-methyl/N-ethyl adjacent to an activating group) is 1. The average Bonchev–Trinajstić information content (AvgIpc) is 3.32. The summed E-state index contributed by atoms with van der Waals surface area (Å²) in [6.45, 7) is 4.50. The Kier molecular flexibility index (Phi) is 49.9. The second-order valence-corrected chi connectivity index (χ2v) is 22.0. The van der Waals surface area contributed by atoms with Crippen LogP contribution < -0.4 is 10.2 Å². The van der Waals surface area contributed by atoms with Gasteiger partial charge in [-0.05, 0) is 83.5 Å². The lowest BCUT2D eigenvalue weighted by Crippen LogP contribution is -2.45. The number of phosphoric ester groups is 1. The number of amides is 1. The highest BCUT2D eigenvalue weighted by Crippen LogP contribution is 2.38. The molecule has 9 heteroatoms. The maximum absolute atomic E-state index is 12.9. The number of carbonyl (C=O) groups excluding carboxylic acids is 1. The van der Waals surface area contributed by atoms with Gasteiger partial charge in [0.05, 0.1) is 39.9 Å². The van der Waals surface area contributed by atoms with E-state index in [1.807, 2.05) is 27.2 Å². The number of nitrogens with zero attached hydrogens (tertiary/aromatic N) is 1. The van der Waals surface area contributed by atoms with E-state index in [-0.39, 0.29) is 12.5 Å². The van der Waals surface area contributed by atoms with Gasteiger partial charge in [0.25, 0.3) is 7.82 Å². The Morgan fingerprint density at radius 1 is 0.514 bits per heavy atom. The van der Waals surface area contributed by atoms with E-state index in [1.54, 1.807) is 6.08 Å². The number of unbranched alkanes of at least 4 members (excludes halogenated alkanes) is 27. The Bertz CT molecular complexity index is 1410. The Morgan fingerprint density at radius 3 is 1.33 bits per heavy atom. The molecule has 406 valence electrons. The van der Waals surface area contributed by atoms with Crippen LogP contribution in [-0.4, -0.2) is 68.5 Å². The predicted molar refractivity (Wildman–Crippen MR) is 302 cm³/mol. The molecule has 0 heterocycles. The zero-order chi connectivity index (χ0) is 51.3. The molecule has 0 spiro atoms. The van der Waals surface area contributed by atoms with Gasteiger partial charge in [-0.3, -0.25) is 9.36 Å². The van der Waals surface area contributed by atoms with E-state index in [1.165, 1.54) is 135 Å². The van der Waals surface area contributed by atoms with Crippen molar-refractivity contribution in [1.29, 1.82) is 0 Å². The maximum Gasteiger partial charge on any atom is 0.268 e. The van der Waals surface area contributed by atoms with E-state index in [9.17, 15) is 19.4 Å². The molecular formula is C61H111N2O6P. The summed E-state index contributed by atoms with van der Waals surface area (Å²) in [5.74, 6) is -0.227. The highest BCUT2D eigenvalue weighted by atomic mass is 31.2. The van der Waals surface area contributed by atoms with Gasteiger partial charge in [0.2, 0.25) is 5.91 Å². The highest BCUT2D eigenvalue weighted by molar-refractivity contribution is 7.45. The van der Waals surface area contributed by atoms with E-state index in [0.29, 0.717) is 17.4 Å². The van der Waals surface area contributed by atoms with Crippen LogP contribution in [-0.2, 0) is 18.4 Å². The third-order valence-corrected chi connectivity index (χ3v) is 13.5. The van der Waals surface area contributed by atoms with E-state index in [2.05, 4.69) is 92.1 Å². The summed E-state index contributed by atoms with van der Waals surface area (Å²) in [7, 11) is 1.22. The van der Waals surface area contributed by atoms with Crippen molar-refractivity contribution in [2.75, 3.05) is 40.9 Å². The van der Waals surface area contributed by atoms with Gasteiger partial charge in [-0.25, -0.2) is 0 Å². The van der Waals surface area contributed by atoms with Crippen LogP contribution in [0.4, 0.5) is 0 Å². The molecule has 1 amide bonds. The zero-order valence-electron chi connectivity index (χ0n) is 46.2. The first-order chi connectivity index (χ1) is 34.0. The van der Waals surface area contributed by atoms with Crippen LogP contribution in [0.5, 0.6) is 0 Å². The first-order valence-electron chi connectivity index (χ1n) is 28.9. The summed E-state index contributed by atoms with van der Waals surface area (Å²) in [4.78, 5) is 25.5. The largest absolute Gasteiger partial charge is 0.756 e. The summed E-state index contributed by atoms with van der Waals surface area (Å²) in [5, 5.41) is 13.8. The number of hydrogen-bond donors (Lipinski definition) is 2. The number of nitrogens with one attached hydrogen (secondary N) is 1. The number of quaternary nitrogens is 1. The Morgan fingerprint density at radius 2 is 0.886 bits per heavy atom. The first-order valence-corrected chi connectivity index (χ1v) is 30.4. The molecule has 3 atom stereocenters. The fourth-order valence-electron chi connectivity index (χ4n) is 8.06. The number of phosphoric acid groups is 1. The molecular weight excluding hydrogens is 888 g/mol. The van der Waals surface area contributed by atoms with E-state index >= 15 is 0 Å². The monoisotopic (exact) mass is 999 g/mol. The number of aliphatic hydroxyl groups excluding tert-OH is 1. The van der Waals surface area contributed by atoms with Crippen molar-refractivity contribution >= 4 is 13.7 Å². The van der Waals surface area contributed by atoms with E-state index in [4.69, 9.17) is 9.05 Å². The fraction of sp³-hybridized carbons (Fsp3) is 0.754. The van der Waals surface area contributed by atoms with Crippen LogP contribution in [0.25, 0.3) is 0 Å². The molecule has 3 unspecified atom stereocenters. The van der Waals surface area contributed by atoms with Gasteiger partial charge >= 0.3 is 0 Å². The number of hydrogen-bond acceptors (Lipinski definition) is 6. The SMILES string of the molecule is CC/C=C\C/C=C\C/C=C\C/C=C\CCCCCCCCC(=O)NC(COP(=O)([O-])OCC[N+](C)(C)C)C(O)/C=C/CC/C=C/CC/C=C/CCCCCCCCCCCCCCCCCCCCC. The van der Waals surface area contributed by atoms with Crippen molar-refractivity contribution in [2.24, 2.45) is 0 Å². The Hall–Kier alpha value is -2.32. The smallest absolute Gasteiger partial charge is 0.268 e. The lowest BCUT2D eigenvalue weighted by Gasteiger charge is -2.29. The minimum absolute atomic E-state index is 0.0162. The average molecular weight is 1000 g/mol. The lowest BCUT2D eigenvalue weighted by atomic mass is 10.0. The summed E-state index contributed by atoms with van der Waals surface area (Å²) in [6, 6.07) is -0.924. The van der Waals surface area contributed by atoms with Crippen molar-refractivity contribution in [3.8, 4) is 0 Å². The number of carbonyl (C=O) groups is 1. The number of rotatable bonds is 52. The van der Waals surface area contributed by atoms with Crippen LogP contribution in [0.15, 0.2) is 85.1 Å². The second kappa shape index (κ2) is 51.6. The molecule has 0 aromatic carbocycles. The van der Waals surface area contributed by atoms with E-state index < -0.39 is 26.6 Å². The molecule has 0 aromatic rings. The van der Waals surface area contributed by atoms with E-state index in [0.717, 1.165) is 89.9 Å². The summed E-state index contributed by atoms with van der Waals surface area (Å²) < 4.78 is 23.3. The molecule has 0 bridgehead atoms. The van der Waals surface area contributed by atoms with Gasteiger partial charge in [0, 0.05) is 6.42 Å². The molecule has 0 aliphatic rings. The third kappa shape index (κ3) is 53.5. The predicted octanol–water partition coefficient (Wildman–Crippen LogP) is 17.0. The minimum Gasteiger partial charge on any atom is -0.756 e. The maximum atomic E-state index is 12.9. The number of aliphatic hydroxyl groups is 1. The molecule has 0 radical (unpaired) electrons. The molecule has 0 fully saturated rings. The summed E-state index contributed by atoms with van der Waals surface area (Å²) in [6.07, 6.45) is 72.5. The second-order valence-electron chi connectivity index (χ2n) is 20.6. The van der Waals surface area contributed by atoms with Crippen molar-refractivity contribution in [3.05, 3.63) is 85.1 Å². The third-order valence-electron chi connectivity index (χ3n) is 12.6. The van der Waals surface area contributed by atoms with Crippen molar-refractivity contribution in [3.63, 3.8) is 0 Å². The number of allylic oxidation sites excluding steroid dienone is 13. The molecule has 8 nitrogen and oxygen atoms in total. The van der Waals surface area contributed by atoms with Gasteiger partial charge in [-0.15, -0.1) is 0 Å². The molecule has 70 heavy (non-hydrogen) atoms. The van der Waals surface area contributed by atoms with Crippen molar-refractivity contribution in [1.82, 2.24) is 5.32 Å². The minimum atomic E-state index is -4.62. The van der Waals surface area contributed by atoms with Crippen LogP contribution in [0.3, 0.4) is 0 Å².